The third kappa shape index (κ3) is 2.72. The molecule has 1 unspecified atom stereocenters. The fourth-order valence-corrected chi connectivity index (χ4v) is 3.28. The number of rotatable bonds is 3. The van der Waals surface area contributed by atoms with Gasteiger partial charge in [0.2, 0.25) is 0 Å². The van der Waals surface area contributed by atoms with Crippen molar-refractivity contribution in [2.75, 3.05) is 13.2 Å². The van der Waals surface area contributed by atoms with Crippen molar-refractivity contribution < 1.29 is 9.26 Å². The van der Waals surface area contributed by atoms with Crippen LogP contribution in [0.1, 0.15) is 30.3 Å². The van der Waals surface area contributed by atoms with Crippen molar-refractivity contribution in [2.45, 2.75) is 25.7 Å². The average molecular weight is 345 g/mol. The Balaban J connectivity index is 1.70. The number of ether oxygens (including phenoxy) is 1. The lowest BCUT2D eigenvalue weighted by molar-refractivity contribution is 0.0773. The number of aromatic nitrogens is 4. The van der Waals surface area contributed by atoms with Crippen LogP contribution in [-0.2, 0) is 4.74 Å². The number of aryl methyl sites for hydroxylation is 1. The van der Waals surface area contributed by atoms with Gasteiger partial charge in [0.1, 0.15) is 10.7 Å². The maximum Gasteiger partial charge on any atom is 0.262 e. The second-order valence-electron chi connectivity index (χ2n) is 5.87. The Hall–Kier alpha value is -2.18. The molecule has 0 amide bonds. The lowest BCUT2D eigenvalue weighted by atomic mass is 10.0. The maximum atomic E-state index is 6.54. The summed E-state index contributed by atoms with van der Waals surface area (Å²) in [6, 6.07) is 9.72. The van der Waals surface area contributed by atoms with Gasteiger partial charge in [-0.25, -0.2) is 4.68 Å². The molecule has 0 N–H and O–H groups in total. The summed E-state index contributed by atoms with van der Waals surface area (Å²) in [6.45, 7) is 3.32. The van der Waals surface area contributed by atoms with E-state index in [0.29, 0.717) is 29.0 Å². The second-order valence-corrected chi connectivity index (χ2v) is 6.23. The molecule has 6 nitrogen and oxygen atoms in total. The minimum absolute atomic E-state index is 0.180. The molecule has 7 heteroatoms. The van der Waals surface area contributed by atoms with Gasteiger partial charge in [-0.2, -0.15) is 10.1 Å². The maximum absolute atomic E-state index is 6.54. The highest BCUT2D eigenvalue weighted by Gasteiger charge is 2.25. The zero-order valence-corrected chi connectivity index (χ0v) is 14.0. The summed E-state index contributed by atoms with van der Waals surface area (Å²) in [6.07, 6.45) is 2.02. The van der Waals surface area contributed by atoms with E-state index in [9.17, 15) is 0 Å². The molecule has 0 spiro atoms. The van der Waals surface area contributed by atoms with Gasteiger partial charge in [0.05, 0.1) is 18.0 Å². The van der Waals surface area contributed by atoms with Gasteiger partial charge in [-0.05, 0) is 31.9 Å². The number of halogens is 1. The summed E-state index contributed by atoms with van der Waals surface area (Å²) in [7, 11) is 0. The molecular weight excluding hydrogens is 328 g/mol. The normalized spacial score (nSPS) is 18.0. The Morgan fingerprint density at radius 2 is 2.08 bits per heavy atom. The van der Waals surface area contributed by atoms with Gasteiger partial charge in [-0.3, -0.25) is 0 Å². The van der Waals surface area contributed by atoms with Crippen LogP contribution >= 0.6 is 11.6 Å². The first-order valence-electron chi connectivity index (χ1n) is 7.96. The SMILES string of the molecule is Cc1nn(-c2ccccc2)c(Cl)c1-c1nc(C2CCCOC2)no1. The fraction of sp³-hybridized carbons (Fsp3) is 0.353. The third-order valence-electron chi connectivity index (χ3n) is 4.19. The van der Waals surface area contributed by atoms with Crippen molar-refractivity contribution >= 4 is 11.6 Å². The molecular formula is C17H17ClN4O2. The Kier molecular flexibility index (Phi) is 4.08. The highest BCUT2D eigenvalue weighted by Crippen LogP contribution is 2.33. The molecule has 1 fully saturated rings. The molecule has 3 aromatic rings. The van der Waals surface area contributed by atoms with Crippen molar-refractivity contribution in [3.63, 3.8) is 0 Å². The fourth-order valence-electron chi connectivity index (χ4n) is 2.93. The molecule has 0 radical (unpaired) electrons. The van der Waals surface area contributed by atoms with Crippen LogP contribution in [0.2, 0.25) is 5.15 Å². The van der Waals surface area contributed by atoms with Crippen LogP contribution in [0.5, 0.6) is 0 Å². The van der Waals surface area contributed by atoms with Crippen molar-refractivity contribution in [3.05, 3.63) is 47.0 Å². The van der Waals surface area contributed by atoms with E-state index < -0.39 is 0 Å². The minimum atomic E-state index is 0.180. The number of para-hydroxylation sites is 1. The number of nitrogens with zero attached hydrogens (tertiary/aromatic N) is 4. The summed E-state index contributed by atoms with van der Waals surface area (Å²) in [5.41, 5.74) is 2.31. The molecule has 1 aliphatic rings. The molecule has 0 aliphatic carbocycles. The quantitative estimate of drug-likeness (QED) is 0.723. The minimum Gasteiger partial charge on any atom is -0.381 e. The largest absolute Gasteiger partial charge is 0.381 e. The van der Waals surface area contributed by atoms with E-state index in [4.69, 9.17) is 20.9 Å². The van der Waals surface area contributed by atoms with E-state index in [2.05, 4.69) is 15.2 Å². The van der Waals surface area contributed by atoms with E-state index in [0.717, 1.165) is 30.8 Å². The van der Waals surface area contributed by atoms with Crippen LogP contribution < -0.4 is 0 Å². The highest BCUT2D eigenvalue weighted by atomic mass is 35.5. The molecule has 4 rings (SSSR count). The van der Waals surface area contributed by atoms with E-state index in [1.165, 1.54) is 0 Å². The molecule has 2 aromatic heterocycles. The molecule has 3 heterocycles. The van der Waals surface area contributed by atoms with Gasteiger partial charge in [-0.15, -0.1) is 0 Å². The zero-order valence-electron chi connectivity index (χ0n) is 13.3. The van der Waals surface area contributed by atoms with Gasteiger partial charge in [0, 0.05) is 12.5 Å². The van der Waals surface area contributed by atoms with Crippen molar-refractivity contribution in [3.8, 4) is 17.1 Å². The summed E-state index contributed by atoms with van der Waals surface area (Å²) in [5, 5.41) is 9.10. The van der Waals surface area contributed by atoms with Gasteiger partial charge in [0.25, 0.3) is 5.89 Å². The summed E-state index contributed by atoms with van der Waals surface area (Å²) in [5.74, 6) is 1.26. The first-order valence-corrected chi connectivity index (χ1v) is 8.34. The van der Waals surface area contributed by atoms with Crippen LogP contribution in [0.15, 0.2) is 34.9 Å². The third-order valence-corrected chi connectivity index (χ3v) is 4.53. The predicted octanol–water partition coefficient (Wildman–Crippen LogP) is 3.78. The van der Waals surface area contributed by atoms with Crippen LogP contribution in [0.25, 0.3) is 17.1 Å². The molecule has 0 saturated carbocycles. The van der Waals surface area contributed by atoms with Crippen molar-refractivity contribution in [1.29, 1.82) is 0 Å². The van der Waals surface area contributed by atoms with E-state index in [1.54, 1.807) is 4.68 Å². The topological polar surface area (TPSA) is 66.0 Å². The number of benzene rings is 1. The molecule has 1 saturated heterocycles. The van der Waals surface area contributed by atoms with Crippen LogP contribution in [0, 0.1) is 6.92 Å². The van der Waals surface area contributed by atoms with Crippen LogP contribution in [0.4, 0.5) is 0 Å². The molecule has 1 atom stereocenters. The molecule has 0 bridgehead atoms. The van der Waals surface area contributed by atoms with Crippen LogP contribution in [0.3, 0.4) is 0 Å². The number of hydrogen-bond acceptors (Lipinski definition) is 5. The van der Waals surface area contributed by atoms with Crippen molar-refractivity contribution in [1.82, 2.24) is 19.9 Å². The van der Waals surface area contributed by atoms with Gasteiger partial charge < -0.3 is 9.26 Å². The van der Waals surface area contributed by atoms with E-state index >= 15 is 0 Å². The van der Waals surface area contributed by atoms with Gasteiger partial charge in [-0.1, -0.05) is 35.0 Å². The Morgan fingerprint density at radius 3 is 2.83 bits per heavy atom. The summed E-state index contributed by atoms with van der Waals surface area (Å²) >= 11 is 6.54. The first kappa shape index (κ1) is 15.4. The summed E-state index contributed by atoms with van der Waals surface area (Å²) < 4.78 is 12.6. The lowest BCUT2D eigenvalue weighted by Crippen LogP contribution is -2.16. The predicted molar refractivity (Wildman–Crippen MR) is 89.4 cm³/mol. The molecule has 1 aliphatic heterocycles. The van der Waals surface area contributed by atoms with Gasteiger partial charge >= 0.3 is 0 Å². The average Bonchev–Trinajstić information content (AvgIpc) is 3.21. The smallest absolute Gasteiger partial charge is 0.262 e. The van der Waals surface area contributed by atoms with Crippen molar-refractivity contribution in [2.24, 2.45) is 0 Å². The Labute approximate surface area is 144 Å². The van der Waals surface area contributed by atoms with E-state index in [1.807, 2.05) is 37.3 Å². The second kappa shape index (κ2) is 6.37. The molecule has 1 aromatic carbocycles. The Morgan fingerprint density at radius 1 is 1.25 bits per heavy atom. The van der Waals surface area contributed by atoms with E-state index in [-0.39, 0.29) is 5.92 Å². The monoisotopic (exact) mass is 344 g/mol. The van der Waals surface area contributed by atoms with Gasteiger partial charge in [0.15, 0.2) is 5.82 Å². The zero-order chi connectivity index (χ0) is 16.5. The number of hydrogen-bond donors (Lipinski definition) is 0. The lowest BCUT2D eigenvalue weighted by Gasteiger charge is -2.18. The standard InChI is InChI=1S/C17H17ClN4O2/c1-11-14(15(18)22(20-11)13-7-3-2-4-8-13)17-19-16(21-24-17)12-6-5-9-23-10-12/h2-4,7-8,12H,5-6,9-10H2,1H3. The Bertz CT molecular complexity index is 838. The first-order chi connectivity index (χ1) is 11.7. The molecule has 24 heavy (non-hydrogen) atoms. The molecule has 124 valence electrons. The van der Waals surface area contributed by atoms with Crippen LogP contribution in [-0.4, -0.2) is 33.1 Å². The highest BCUT2D eigenvalue weighted by molar-refractivity contribution is 6.32. The summed E-state index contributed by atoms with van der Waals surface area (Å²) in [4.78, 5) is 4.54.